The lowest BCUT2D eigenvalue weighted by molar-refractivity contribution is -0.151. The van der Waals surface area contributed by atoms with Gasteiger partial charge in [0.05, 0.1) is 0 Å². The van der Waals surface area contributed by atoms with Gasteiger partial charge in [0.25, 0.3) is 0 Å². The highest BCUT2D eigenvalue weighted by atomic mass is 32.1. The van der Waals surface area contributed by atoms with Crippen molar-refractivity contribution in [2.75, 3.05) is 19.6 Å². The lowest BCUT2D eigenvalue weighted by Gasteiger charge is -2.40. The fourth-order valence-corrected chi connectivity index (χ4v) is 4.81. The number of aryl methyl sites for hydroxylation is 2. The molecule has 166 valence electrons. The van der Waals surface area contributed by atoms with Crippen molar-refractivity contribution in [1.29, 1.82) is 0 Å². The van der Waals surface area contributed by atoms with Crippen LogP contribution in [0.1, 0.15) is 17.2 Å². The lowest BCUT2D eigenvalue weighted by Crippen LogP contribution is -2.60. The molecule has 32 heavy (non-hydrogen) atoms. The molecule has 0 bridgehead atoms. The van der Waals surface area contributed by atoms with Gasteiger partial charge < -0.3 is 9.80 Å². The first-order valence-corrected chi connectivity index (χ1v) is 11.5. The third-order valence-corrected chi connectivity index (χ3v) is 6.61. The van der Waals surface area contributed by atoms with Crippen LogP contribution in [0.4, 0.5) is 0 Å². The molecule has 0 spiro atoms. The summed E-state index contributed by atoms with van der Waals surface area (Å²) in [5.74, 6) is 1.15. The van der Waals surface area contributed by atoms with E-state index in [9.17, 15) is 9.59 Å². The Morgan fingerprint density at radius 1 is 1.22 bits per heavy atom. The summed E-state index contributed by atoms with van der Waals surface area (Å²) in [4.78, 5) is 35.4. The molecule has 1 saturated heterocycles. The molecule has 3 aromatic rings. The Morgan fingerprint density at radius 2 is 2.00 bits per heavy atom. The van der Waals surface area contributed by atoms with Crippen molar-refractivity contribution in [1.82, 2.24) is 24.6 Å². The van der Waals surface area contributed by atoms with Crippen molar-refractivity contribution < 1.29 is 9.59 Å². The number of hydrogen-bond donors (Lipinski definition) is 0. The average molecular weight is 450 g/mol. The fourth-order valence-electron chi connectivity index (χ4n) is 4.07. The minimum absolute atomic E-state index is 0.0432. The van der Waals surface area contributed by atoms with Crippen molar-refractivity contribution in [3.05, 3.63) is 71.6 Å². The standard InChI is InChI=1S/C24H27N5O2S/c1-4-11-27-12-13-28(23(30)16-29-18(3)25-17(2)26-29)21(24(27)31)15-19-7-9-20(10-8-19)22-6-5-14-32-22/h4-10,14,21H,1,11-13,15-16H2,2-3H3. The number of benzene rings is 1. The molecular formula is C24H27N5O2S. The Balaban J connectivity index is 1.55. The van der Waals surface area contributed by atoms with Gasteiger partial charge in [-0.1, -0.05) is 36.4 Å². The number of carbonyl (C=O) groups excluding carboxylic acids is 2. The molecular weight excluding hydrogens is 422 g/mol. The van der Waals surface area contributed by atoms with Gasteiger partial charge in [0.1, 0.15) is 24.2 Å². The molecule has 1 aliphatic rings. The van der Waals surface area contributed by atoms with Crippen molar-refractivity contribution >= 4 is 23.2 Å². The summed E-state index contributed by atoms with van der Waals surface area (Å²) in [5, 5.41) is 6.36. The van der Waals surface area contributed by atoms with Crippen molar-refractivity contribution in [3.63, 3.8) is 0 Å². The van der Waals surface area contributed by atoms with Crippen molar-refractivity contribution in [3.8, 4) is 10.4 Å². The Hall–Kier alpha value is -3.26. The van der Waals surface area contributed by atoms with Gasteiger partial charge in [-0.3, -0.25) is 9.59 Å². The monoisotopic (exact) mass is 449 g/mol. The van der Waals surface area contributed by atoms with Crippen LogP contribution >= 0.6 is 11.3 Å². The summed E-state index contributed by atoms with van der Waals surface area (Å²) in [7, 11) is 0. The molecule has 0 N–H and O–H groups in total. The molecule has 1 fully saturated rings. The first kappa shape index (κ1) is 22.0. The Morgan fingerprint density at radius 3 is 2.62 bits per heavy atom. The molecule has 1 aliphatic heterocycles. The largest absolute Gasteiger partial charge is 0.335 e. The van der Waals surface area contributed by atoms with Gasteiger partial charge in [-0.25, -0.2) is 9.67 Å². The highest BCUT2D eigenvalue weighted by molar-refractivity contribution is 7.13. The Kier molecular flexibility index (Phi) is 6.50. The zero-order valence-corrected chi connectivity index (χ0v) is 19.2. The summed E-state index contributed by atoms with van der Waals surface area (Å²) < 4.78 is 1.60. The molecule has 8 heteroatoms. The maximum Gasteiger partial charge on any atom is 0.246 e. The Bertz CT molecular complexity index is 1100. The van der Waals surface area contributed by atoms with E-state index in [-0.39, 0.29) is 18.4 Å². The normalized spacial score (nSPS) is 16.4. The molecule has 0 saturated carbocycles. The first-order valence-electron chi connectivity index (χ1n) is 10.7. The van der Waals surface area contributed by atoms with E-state index in [2.05, 4.69) is 40.2 Å². The minimum atomic E-state index is -0.547. The number of thiophene rings is 1. The quantitative estimate of drug-likeness (QED) is 0.520. The molecule has 0 aliphatic carbocycles. The zero-order valence-electron chi connectivity index (χ0n) is 18.4. The SMILES string of the molecule is C=CCN1CCN(C(=O)Cn2nc(C)nc2C)C(Cc2ccc(-c3cccs3)cc2)C1=O. The second-order valence-corrected chi connectivity index (χ2v) is 8.87. The maximum absolute atomic E-state index is 13.3. The predicted octanol–water partition coefficient (Wildman–Crippen LogP) is 3.09. The number of nitrogens with zero attached hydrogens (tertiary/aromatic N) is 5. The third kappa shape index (κ3) is 4.65. The second-order valence-electron chi connectivity index (χ2n) is 7.92. The smallest absolute Gasteiger partial charge is 0.246 e. The van der Waals surface area contributed by atoms with E-state index < -0.39 is 6.04 Å². The van der Waals surface area contributed by atoms with E-state index in [0.29, 0.717) is 37.7 Å². The number of aromatic nitrogens is 3. The summed E-state index contributed by atoms with van der Waals surface area (Å²) >= 11 is 1.70. The summed E-state index contributed by atoms with van der Waals surface area (Å²) in [5.41, 5.74) is 2.17. The summed E-state index contributed by atoms with van der Waals surface area (Å²) in [6.45, 7) is 8.94. The summed E-state index contributed by atoms with van der Waals surface area (Å²) in [6, 6.07) is 11.8. The number of hydrogen-bond acceptors (Lipinski definition) is 5. The topological polar surface area (TPSA) is 71.3 Å². The molecule has 3 heterocycles. The van der Waals surface area contributed by atoms with Gasteiger partial charge in [-0.15, -0.1) is 17.9 Å². The number of amides is 2. The van der Waals surface area contributed by atoms with Crippen LogP contribution in [0.5, 0.6) is 0 Å². The molecule has 1 atom stereocenters. The van der Waals surface area contributed by atoms with Gasteiger partial charge in [0, 0.05) is 30.9 Å². The first-order chi connectivity index (χ1) is 15.5. The molecule has 2 aromatic heterocycles. The van der Waals surface area contributed by atoms with Crippen LogP contribution in [0.15, 0.2) is 54.4 Å². The highest BCUT2D eigenvalue weighted by Crippen LogP contribution is 2.26. The van der Waals surface area contributed by atoms with Gasteiger partial charge in [0.2, 0.25) is 11.8 Å². The van der Waals surface area contributed by atoms with Gasteiger partial charge in [-0.2, -0.15) is 5.10 Å². The lowest BCUT2D eigenvalue weighted by atomic mass is 9.99. The van der Waals surface area contributed by atoms with E-state index in [1.165, 1.54) is 4.88 Å². The van der Waals surface area contributed by atoms with E-state index in [1.807, 2.05) is 25.1 Å². The number of piperazine rings is 1. The highest BCUT2D eigenvalue weighted by Gasteiger charge is 2.37. The van der Waals surface area contributed by atoms with Crippen LogP contribution < -0.4 is 0 Å². The van der Waals surface area contributed by atoms with E-state index in [0.717, 1.165) is 11.1 Å². The van der Waals surface area contributed by atoms with Gasteiger partial charge in [0.15, 0.2) is 0 Å². The van der Waals surface area contributed by atoms with E-state index >= 15 is 0 Å². The number of carbonyl (C=O) groups is 2. The second kappa shape index (κ2) is 9.48. The molecule has 7 nitrogen and oxygen atoms in total. The van der Waals surface area contributed by atoms with Crippen molar-refractivity contribution in [2.24, 2.45) is 0 Å². The van der Waals surface area contributed by atoms with Crippen LogP contribution in [0.2, 0.25) is 0 Å². The Labute approximate surface area is 192 Å². The van der Waals surface area contributed by atoms with Gasteiger partial charge >= 0.3 is 0 Å². The van der Waals surface area contributed by atoms with Crippen LogP contribution in [0.3, 0.4) is 0 Å². The average Bonchev–Trinajstić information content (AvgIpc) is 3.41. The van der Waals surface area contributed by atoms with Crippen LogP contribution in [-0.4, -0.2) is 62.1 Å². The molecule has 0 radical (unpaired) electrons. The van der Waals surface area contributed by atoms with Crippen LogP contribution in [-0.2, 0) is 22.6 Å². The summed E-state index contributed by atoms with van der Waals surface area (Å²) in [6.07, 6.45) is 2.20. The van der Waals surface area contributed by atoms with E-state index in [1.54, 1.807) is 38.8 Å². The number of rotatable bonds is 7. The molecule has 1 unspecified atom stereocenters. The molecule has 2 amide bonds. The zero-order chi connectivity index (χ0) is 22.7. The van der Waals surface area contributed by atoms with Crippen LogP contribution in [0, 0.1) is 13.8 Å². The van der Waals surface area contributed by atoms with E-state index in [4.69, 9.17) is 0 Å². The van der Waals surface area contributed by atoms with Crippen molar-refractivity contribution in [2.45, 2.75) is 32.9 Å². The minimum Gasteiger partial charge on any atom is -0.335 e. The van der Waals surface area contributed by atoms with Crippen LogP contribution in [0.25, 0.3) is 10.4 Å². The fraction of sp³-hybridized carbons (Fsp3) is 0.333. The predicted molar refractivity (Wildman–Crippen MR) is 125 cm³/mol. The molecule has 4 rings (SSSR count). The van der Waals surface area contributed by atoms with Gasteiger partial charge in [-0.05, 0) is 36.4 Å². The maximum atomic E-state index is 13.3. The molecule has 1 aromatic carbocycles. The third-order valence-electron chi connectivity index (χ3n) is 5.69.